The first-order valence-electron chi connectivity index (χ1n) is 7.23. The molecule has 0 N–H and O–H groups in total. The van der Waals surface area contributed by atoms with E-state index in [1.54, 1.807) is 20.8 Å². The van der Waals surface area contributed by atoms with Gasteiger partial charge in [0.1, 0.15) is 6.54 Å². The van der Waals surface area contributed by atoms with Crippen LogP contribution >= 0.6 is 0 Å². The fraction of sp³-hybridized carbons (Fsp3) is 0.923. The van der Waals surface area contributed by atoms with Gasteiger partial charge in [-0.3, -0.25) is 4.79 Å². The maximum Gasteiger partial charge on any atom is 0.321 e. The van der Waals surface area contributed by atoms with Crippen molar-refractivity contribution in [2.24, 2.45) is 0 Å². The number of hydrogen-bond acceptors (Lipinski definition) is 4. The van der Waals surface area contributed by atoms with Gasteiger partial charge in [-0.05, 0) is 33.6 Å². The molecular weight excluding hydrogens is 280 g/mol. The van der Waals surface area contributed by atoms with Crippen LogP contribution in [0.1, 0.15) is 47.5 Å². The van der Waals surface area contributed by atoms with Gasteiger partial charge in [0.15, 0.2) is 0 Å². The van der Waals surface area contributed by atoms with Gasteiger partial charge in [-0.15, -0.1) is 0 Å². The summed E-state index contributed by atoms with van der Waals surface area (Å²) in [6.45, 7) is 10.0. The summed E-state index contributed by atoms with van der Waals surface area (Å²) >= 11 is 0. The van der Waals surface area contributed by atoms with Crippen molar-refractivity contribution < 1.29 is 17.9 Å². The SMILES string of the molecule is CCCN(CCC)S(=O)(=O)N(CC(=O)OCC)C(C)C. The smallest absolute Gasteiger partial charge is 0.321 e. The summed E-state index contributed by atoms with van der Waals surface area (Å²) in [7, 11) is -3.63. The largest absolute Gasteiger partial charge is 0.465 e. The lowest BCUT2D eigenvalue weighted by Gasteiger charge is -2.31. The fourth-order valence-corrected chi connectivity index (χ4v) is 3.78. The second-order valence-corrected chi connectivity index (χ2v) is 6.73. The van der Waals surface area contributed by atoms with Gasteiger partial charge in [0.05, 0.1) is 6.61 Å². The number of ether oxygens (including phenoxy) is 1. The minimum absolute atomic E-state index is 0.238. The average Bonchev–Trinajstić information content (AvgIpc) is 2.35. The molecule has 0 spiro atoms. The number of hydrogen-bond donors (Lipinski definition) is 0. The van der Waals surface area contributed by atoms with E-state index in [9.17, 15) is 13.2 Å². The van der Waals surface area contributed by atoms with Crippen LogP contribution in [0.3, 0.4) is 0 Å². The van der Waals surface area contributed by atoms with Gasteiger partial charge in [-0.2, -0.15) is 17.0 Å². The van der Waals surface area contributed by atoms with E-state index in [4.69, 9.17) is 4.74 Å². The highest BCUT2D eigenvalue weighted by Gasteiger charge is 2.32. The molecule has 0 unspecified atom stereocenters. The molecule has 0 aromatic heterocycles. The van der Waals surface area contributed by atoms with E-state index in [2.05, 4.69) is 0 Å². The lowest BCUT2D eigenvalue weighted by molar-refractivity contribution is -0.143. The van der Waals surface area contributed by atoms with Gasteiger partial charge in [0.2, 0.25) is 0 Å². The Kier molecular flexibility index (Phi) is 9.00. The maximum atomic E-state index is 12.6. The molecule has 20 heavy (non-hydrogen) atoms. The summed E-state index contributed by atoms with van der Waals surface area (Å²) in [4.78, 5) is 11.6. The third kappa shape index (κ3) is 5.76. The Labute approximate surface area is 123 Å². The van der Waals surface area contributed by atoms with Crippen LogP contribution in [0.25, 0.3) is 0 Å². The third-order valence-electron chi connectivity index (χ3n) is 2.73. The summed E-state index contributed by atoms with van der Waals surface area (Å²) in [6.07, 6.45) is 1.48. The normalized spacial score (nSPS) is 12.4. The van der Waals surface area contributed by atoms with Crippen molar-refractivity contribution in [1.29, 1.82) is 0 Å². The number of esters is 1. The van der Waals surface area contributed by atoms with Crippen LogP contribution in [-0.4, -0.2) is 55.3 Å². The highest BCUT2D eigenvalue weighted by atomic mass is 32.2. The minimum Gasteiger partial charge on any atom is -0.465 e. The predicted molar refractivity (Wildman–Crippen MR) is 79.5 cm³/mol. The summed E-state index contributed by atoms with van der Waals surface area (Å²) in [5.74, 6) is -0.516. The zero-order chi connectivity index (χ0) is 15.8. The van der Waals surface area contributed by atoms with Crippen LogP contribution in [0.15, 0.2) is 0 Å². The number of carbonyl (C=O) groups excluding carboxylic acids is 1. The van der Waals surface area contributed by atoms with E-state index in [0.29, 0.717) is 13.1 Å². The molecule has 0 fully saturated rings. The summed E-state index contributed by atoms with van der Waals surface area (Å²) < 4.78 is 32.8. The minimum atomic E-state index is -3.63. The summed E-state index contributed by atoms with van der Waals surface area (Å²) in [5.41, 5.74) is 0. The molecular formula is C13H28N2O4S. The van der Waals surface area contributed by atoms with E-state index >= 15 is 0 Å². The van der Waals surface area contributed by atoms with E-state index in [1.807, 2.05) is 13.8 Å². The first-order valence-corrected chi connectivity index (χ1v) is 8.63. The first-order chi connectivity index (χ1) is 9.31. The molecule has 120 valence electrons. The molecule has 0 amide bonds. The lowest BCUT2D eigenvalue weighted by atomic mass is 10.4. The molecule has 0 heterocycles. The van der Waals surface area contributed by atoms with Crippen LogP contribution in [0, 0.1) is 0 Å². The topological polar surface area (TPSA) is 66.9 Å². The van der Waals surface area contributed by atoms with Gasteiger partial charge in [-0.25, -0.2) is 0 Å². The lowest BCUT2D eigenvalue weighted by Crippen LogP contribution is -2.49. The van der Waals surface area contributed by atoms with Crippen LogP contribution in [0.4, 0.5) is 0 Å². The van der Waals surface area contributed by atoms with Gasteiger partial charge >= 0.3 is 5.97 Å². The average molecular weight is 308 g/mol. The number of carbonyl (C=O) groups is 1. The molecule has 0 saturated carbocycles. The Hall–Kier alpha value is -0.660. The van der Waals surface area contributed by atoms with Crippen molar-refractivity contribution >= 4 is 16.2 Å². The van der Waals surface area contributed by atoms with Crippen LogP contribution in [0.2, 0.25) is 0 Å². The van der Waals surface area contributed by atoms with E-state index < -0.39 is 16.2 Å². The fourth-order valence-electron chi connectivity index (χ4n) is 1.85. The molecule has 0 aliphatic rings. The Morgan fingerprint density at radius 3 is 1.95 bits per heavy atom. The van der Waals surface area contributed by atoms with Crippen LogP contribution in [0.5, 0.6) is 0 Å². The molecule has 0 aliphatic heterocycles. The van der Waals surface area contributed by atoms with Crippen molar-refractivity contribution in [3.05, 3.63) is 0 Å². The molecule has 0 aliphatic carbocycles. The van der Waals surface area contributed by atoms with Crippen molar-refractivity contribution in [3.63, 3.8) is 0 Å². The molecule has 6 nitrogen and oxygen atoms in total. The van der Waals surface area contributed by atoms with Crippen LogP contribution in [-0.2, 0) is 19.7 Å². The van der Waals surface area contributed by atoms with Gasteiger partial charge in [-0.1, -0.05) is 13.8 Å². The highest BCUT2D eigenvalue weighted by molar-refractivity contribution is 7.86. The van der Waals surface area contributed by atoms with Crippen molar-refractivity contribution in [2.75, 3.05) is 26.2 Å². The molecule has 0 aromatic rings. The second-order valence-electron chi connectivity index (χ2n) is 4.85. The van der Waals surface area contributed by atoms with Crippen molar-refractivity contribution in [2.45, 2.75) is 53.5 Å². The molecule has 0 rings (SSSR count). The molecule has 0 bridgehead atoms. The highest BCUT2D eigenvalue weighted by Crippen LogP contribution is 2.14. The predicted octanol–water partition coefficient (Wildman–Crippen LogP) is 1.63. The molecule has 0 saturated heterocycles. The maximum absolute atomic E-state index is 12.6. The zero-order valence-electron chi connectivity index (χ0n) is 13.3. The van der Waals surface area contributed by atoms with E-state index in [1.165, 1.54) is 8.61 Å². The summed E-state index contributed by atoms with van der Waals surface area (Å²) in [5, 5.41) is 0. The van der Waals surface area contributed by atoms with E-state index in [0.717, 1.165) is 12.8 Å². The van der Waals surface area contributed by atoms with E-state index in [-0.39, 0.29) is 19.2 Å². The monoisotopic (exact) mass is 308 g/mol. The Balaban J connectivity index is 5.16. The van der Waals surface area contributed by atoms with Gasteiger partial charge in [0, 0.05) is 19.1 Å². The second kappa shape index (κ2) is 9.31. The van der Waals surface area contributed by atoms with Gasteiger partial charge < -0.3 is 4.74 Å². The van der Waals surface area contributed by atoms with Gasteiger partial charge in [0.25, 0.3) is 10.2 Å². The Bertz CT molecular complexity index is 376. The van der Waals surface area contributed by atoms with Crippen molar-refractivity contribution in [1.82, 2.24) is 8.61 Å². The van der Waals surface area contributed by atoms with Crippen molar-refractivity contribution in [3.8, 4) is 0 Å². The number of nitrogens with zero attached hydrogens (tertiary/aromatic N) is 2. The third-order valence-corrected chi connectivity index (χ3v) is 4.90. The standard InChI is InChI=1S/C13H28N2O4S/c1-6-9-14(10-7-2)20(17,18)15(12(4)5)11-13(16)19-8-3/h12H,6-11H2,1-5H3. The molecule has 7 heteroatoms. The van der Waals surface area contributed by atoms with Crippen LogP contribution < -0.4 is 0 Å². The zero-order valence-corrected chi connectivity index (χ0v) is 14.1. The quantitative estimate of drug-likeness (QED) is 0.575. The first kappa shape index (κ1) is 19.3. The molecule has 0 radical (unpaired) electrons. The molecule has 0 aromatic carbocycles. The Morgan fingerprint density at radius 2 is 1.60 bits per heavy atom. The summed E-state index contributed by atoms with van der Waals surface area (Å²) in [6, 6.07) is -0.291. The number of rotatable bonds is 10. The Morgan fingerprint density at radius 1 is 1.10 bits per heavy atom. The molecule has 0 atom stereocenters.